The summed E-state index contributed by atoms with van der Waals surface area (Å²) in [5.41, 5.74) is 0. The van der Waals surface area contributed by atoms with Gasteiger partial charge in [0.2, 0.25) is 0 Å². The normalized spacial score (nSPS) is 12.5. The van der Waals surface area contributed by atoms with E-state index in [0.717, 1.165) is 0 Å². The lowest BCUT2D eigenvalue weighted by Crippen LogP contribution is -2.29. The van der Waals surface area contributed by atoms with Crippen molar-refractivity contribution in [2.24, 2.45) is 0 Å². The Labute approximate surface area is 146 Å². The third-order valence-corrected chi connectivity index (χ3v) is 2.16. The Morgan fingerprint density at radius 1 is 0.840 bits per heavy atom. The number of carbonyl (C=O) groups is 3. The first-order valence-corrected chi connectivity index (χ1v) is 7.57. The molecule has 0 aromatic rings. The standard InChI is InChI=1S/C9H14O6.C6H14O4/c1-6(10)13-4-9(15-8(3)12)5-14-7(2)11;1-5(8)3-10-4-6(9)2-7/h9H,4-5H2,1-3H3;5-9H,2-4H2,1H3. The maximum Gasteiger partial charge on any atom is 0.303 e. The fourth-order valence-corrected chi connectivity index (χ4v) is 1.20. The predicted molar refractivity (Wildman–Crippen MR) is 84.4 cm³/mol. The monoisotopic (exact) mass is 368 g/mol. The van der Waals surface area contributed by atoms with Crippen LogP contribution < -0.4 is 0 Å². The molecule has 3 N–H and O–H groups in total. The van der Waals surface area contributed by atoms with Crippen molar-refractivity contribution in [1.82, 2.24) is 0 Å². The summed E-state index contributed by atoms with van der Waals surface area (Å²) >= 11 is 0. The zero-order valence-corrected chi connectivity index (χ0v) is 15.0. The van der Waals surface area contributed by atoms with Crippen LogP contribution in [-0.2, 0) is 33.3 Å². The van der Waals surface area contributed by atoms with Crippen LogP contribution >= 0.6 is 0 Å². The summed E-state index contributed by atoms with van der Waals surface area (Å²) in [5.74, 6) is -1.51. The van der Waals surface area contributed by atoms with Gasteiger partial charge in [0.05, 0.1) is 25.9 Å². The lowest BCUT2D eigenvalue weighted by molar-refractivity contribution is -0.163. The van der Waals surface area contributed by atoms with E-state index in [4.69, 9.17) is 24.8 Å². The van der Waals surface area contributed by atoms with Crippen LogP contribution in [0.5, 0.6) is 0 Å². The summed E-state index contributed by atoms with van der Waals surface area (Å²) in [7, 11) is 0. The Morgan fingerprint density at radius 3 is 1.64 bits per heavy atom. The highest BCUT2D eigenvalue weighted by atomic mass is 16.6. The van der Waals surface area contributed by atoms with Crippen LogP contribution in [0.15, 0.2) is 0 Å². The number of carbonyl (C=O) groups excluding carboxylic acids is 3. The Bertz CT molecular complexity index is 365. The zero-order chi connectivity index (χ0) is 19.8. The van der Waals surface area contributed by atoms with Gasteiger partial charge in [0.15, 0.2) is 6.10 Å². The second-order valence-electron chi connectivity index (χ2n) is 5.06. The lowest BCUT2D eigenvalue weighted by Gasteiger charge is -2.15. The first-order chi connectivity index (χ1) is 11.6. The molecule has 0 spiro atoms. The summed E-state index contributed by atoms with van der Waals surface area (Å²) in [6, 6.07) is 0. The summed E-state index contributed by atoms with van der Waals surface area (Å²) in [6.45, 7) is 4.98. The molecule has 0 radical (unpaired) electrons. The molecule has 0 aromatic heterocycles. The molecule has 0 aliphatic carbocycles. The number of esters is 3. The number of hydrogen-bond donors (Lipinski definition) is 3. The summed E-state index contributed by atoms with van der Waals surface area (Å²) in [5, 5.41) is 25.7. The van der Waals surface area contributed by atoms with Gasteiger partial charge in [0.25, 0.3) is 0 Å². The van der Waals surface area contributed by atoms with Crippen molar-refractivity contribution in [2.45, 2.75) is 46.0 Å². The SMILES string of the molecule is CC(=O)OCC(COC(C)=O)OC(C)=O.CC(O)COCC(O)CO. The zero-order valence-electron chi connectivity index (χ0n) is 15.0. The quantitative estimate of drug-likeness (QED) is 0.316. The van der Waals surface area contributed by atoms with E-state index in [9.17, 15) is 14.4 Å². The molecule has 0 bridgehead atoms. The van der Waals surface area contributed by atoms with E-state index < -0.39 is 36.2 Å². The van der Waals surface area contributed by atoms with Gasteiger partial charge in [-0.05, 0) is 6.92 Å². The van der Waals surface area contributed by atoms with E-state index in [1.807, 2.05) is 0 Å². The molecule has 0 aliphatic heterocycles. The van der Waals surface area contributed by atoms with Gasteiger partial charge in [0.1, 0.15) is 19.3 Å². The number of aliphatic hydroxyl groups excluding tert-OH is 3. The minimum atomic E-state index is -0.834. The van der Waals surface area contributed by atoms with E-state index in [1.165, 1.54) is 20.8 Å². The van der Waals surface area contributed by atoms with Gasteiger partial charge in [-0.1, -0.05) is 0 Å². The minimum absolute atomic E-state index is 0.0708. The summed E-state index contributed by atoms with van der Waals surface area (Å²) in [6.07, 6.45) is -2.11. The topological polar surface area (TPSA) is 149 Å². The number of ether oxygens (including phenoxy) is 4. The van der Waals surface area contributed by atoms with Gasteiger partial charge in [-0.15, -0.1) is 0 Å². The molecule has 10 nitrogen and oxygen atoms in total. The second-order valence-corrected chi connectivity index (χ2v) is 5.06. The molecule has 0 aromatic carbocycles. The molecule has 0 saturated heterocycles. The predicted octanol–water partition coefficient (Wildman–Crippen LogP) is -1.22. The van der Waals surface area contributed by atoms with E-state index in [2.05, 4.69) is 9.47 Å². The lowest BCUT2D eigenvalue weighted by atomic mass is 10.4. The van der Waals surface area contributed by atoms with Crippen LogP contribution in [0, 0.1) is 0 Å². The van der Waals surface area contributed by atoms with Crippen molar-refractivity contribution in [3.63, 3.8) is 0 Å². The smallest absolute Gasteiger partial charge is 0.303 e. The average Bonchev–Trinajstić information content (AvgIpc) is 2.49. The van der Waals surface area contributed by atoms with Crippen molar-refractivity contribution < 1.29 is 48.7 Å². The Kier molecular flexibility index (Phi) is 16.1. The molecule has 0 aliphatic rings. The van der Waals surface area contributed by atoms with E-state index in [1.54, 1.807) is 6.92 Å². The molecule has 0 heterocycles. The Balaban J connectivity index is 0. The Morgan fingerprint density at radius 2 is 1.32 bits per heavy atom. The van der Waals surface area contributed by atoms with Crippen molar-refractivity contribution >= 4 is 17.9 Å². The minimum Gasteiger partial charge on any atom is -0.462 e. The maximum absolute atomic E-state index is 10.6. The molecular formula is C15H28O10. The van der Waals surface area contributed by atoms with Crippen LogP contribution in [0.4, 0.5) is 0 Å². The van der Waals surface area contributed by atoms with Gasteiger partial charge in [0, 0.05) is 20.8 Å². The highest BCUT2D eigenvalue weighted by Gasteiger charge is 2.15. The van der Waals surface area contributed by atoms with Gasteiger partial charge in [-0.25, -0.2) is 0 Å². The molecule has 2 atom stereocenters. The first-order valence-electron chi connectivity index (χ1n) is 7.57. The molecule has 2 unspecified atom stereocenters. The van der Waals surface area contributed by atoms with Gasteiger partial charge < -0.3 is 34.3 Å². The largest absolute Gasteiger partial charge is 0.462 e. The van der Waals surface area contributed by atoms with E-state index in [-0.39, 0.29) is 33.0 Å². The molecule has 148 valence electrons. The molecule has 0 amide bonds. The first kappa shape index (κ1) is 25.5. The van der Waals surface area contributed by atoms with Gasteiger partial charge in [-0.2, -0.15) is 0 Å². The number of hydrogen-bond acceptors (Lipinski definition) is 10. The second kappa shape index (κ2) is 15.8. The fraction of sp³-hybridized carbons (Fsp3) is 0.800. The van der Waals surface area contributed by atoms with Crippen LogP contribution in [0.3, 0.4) is 0 Å². The van der Waals surface area contributed by atoms with Crippen LogP contribution in [0.2, 0.25) is 0 Å². The molecule has 0 rings (SSSR count). The molecule has 25 heavy (non-hydrogen) atoms. The fourth-order valence-electron chi connectivity index (χ4n) is 1.20. The van der Waals surface area contributed by atoms with Gasteiger partial charge in [-0.3, -0.25) is 14.4 Å². The average molecular weight is 368 g/mol. The maximum atomic E-state index is 10.6. The van der Waals surface area contributed by atoms with E-state index >= 15 is 0 Å². The van der Waals surface area contributed by atoms with Crippen LogP contribution in [0.25, 0.3) is 0 Å². The van der Waals surface area contributed by atoms with Gasteiger partial charge >= 0.3 is 17.9 Å². The Hall–Kier alpha value is -1.75. The highest BCUT2D eigenvalue weighted by Crippen LogP contribution is 1.97. The molecule has 10 heteroatoms. The van der Waals surface area contributed by atoms with Crippen molar-refractivity contribution in [3.05, 3.63) is 0 Å². The molecular weight excluding hydrogens is 340 g/mol. The number of aliphatic hydroxyl groups is 3. The van der Waals surface area contributed by atoms with Crippen LogP contribution in [-0.4, -0.2) is 84.6 Å². The number of rotatable bonds is 10. The van der Waals surface area contributed by atoms with Crippen molar-refractivity contribution in [1.29, 1.82) is 0 Å². The summed E-state index contributed by atoms with van der Waals surface area (Å²) < 4.78 is 18.8. The summed E-state index contributed by atoms with van der Waals surface area (Å²) in [4.78, 5) is 31.6. The van der Waals surface area contributed by atoms with Crippen molar-refractivity contribution in [2.75, 3.05) is 33.0 Å². The molecule has 0 fully saturated rings. The molecule has 0 saturated carbocycles. The highest BCUT2D eigenvalue weighted by molar-refractivity contribution is 5.67. The van der Waals surface area contributed by atoms with Crippen LogP contribution in [0.1, 0.15) is 27.7 Å². The third-order valence-electron chi connectivity index (χ3n) is 2.16. The van der Waals surface area contributed by atoms with E-state index in [0.29, 0.717) is 0 Å². The van der Waals surface area contributed by atoms with Crippen molar-refractivity contribution in [3.8, 4) is 0 Å². The third kappa shape index (κ3) is 22.2.